The van der Waals surface area contributed by atoms with Gasteiger partial charge >= 0.3 is 0 Å². The van der Waals surface area contributed by atoms with E-state index in [9.17, 15) is 0 Å². The Bertz CT molecular complexity index is 736. The lowest BCUT2D eigenvalue weighted by Gasteiger charge is -2.37. The molecule has 2 heterocycles. The molecule has 1 fully saturated rings. The van der Waals surface area contributed by atoms with Crippen LogP contribution in [0.4, 0.5) is 5.69 Å². The minimum absolute atomic E-state index is 0.821. The summed E-state index contributed by atoms with van der Waals surface area (Å²) in [6, 6.07) is 14.3. The van der Waals surface area contributed by atoms with Crippen LogP contribution in [0.1, 0.15) is 11.3 Å². The number of aromatic nitrogens is 1. The zero-order valence-corrected chi connectivity index (χ0v) is 16.2. The van der Waals surface area contributed by atoms with Crippen LogP contribution >= 0.6 is 24.4 Å². The molecular formula is C19H22N4S2. The Kier molecular flexibility index (Phi) is 5.60. The van der Waals surface area contributed by atoms with Gasteiger partial charge in [0.25, 0.3) is 0 Å². The largest absolute Gasteiger partial charge is 0.378 e. The summed E-state index contributed by atoms with van der Waals surface area (Å²) in [4.78, 5) is 12.6. The Labute approximate surface area is 160 Å². The first kappa shape index (κ1) is 17.8. The van der Waals surface area contributed by atoms with Crippen LogP contribution in [-0.4, -0.2) is 65.0 Å². The quantitative estimate of drug-likeness (QED) is 0.770. The molecule has 0 atom stereocenters. The number of hydrogen-bond donors (Lipinski definition) is 0. The Morgan fingerprint density at radius 1 is 0.880 bits per heavy atom. The molecule has 4 nitrogen and oxygen atoms in total. The van der Waals surface area contributed by atoms with E-state index in [0.29, 0.717) is 0 Å². The minimum atomic E-state index is 0.821. The fraction of sp³-hybridized carbons (Fsp3) is 0.316. The van der Waals surface area contributed by atoms with E-state index in [1.807, 2.05) is 32.3 Å². The molecule has 3 rings (SSSR count). The van der Waals surface area contributed by atoms with E-state index >= 15 is 0 Å². The molecule has 1 saturated heterocycles. The third kappa shape index (κ3) is 4.14. The topological polar surface area (TPSA) is 22.6 Å². The Hall–Kier alpha value is -2.05. The maximum atomic E-state index is 5.70. The first-order valence-corrected chi connectivity index (χ1v) is 9.15. The molecule has 130 valence electrons. The van der Waals surface area contributed by atoms with Crippen molar-refractivity contribution in [1.29, 1.82) is 0 Å². The van der Waals surface area contributed by atoms with Crippen LogP contribution in [0, 0.1) is 0 Å². The van der Waals surface area contributed by atoms with Gasteiger partial charge in [0.15, 0.2) is 0 Å². The number of benzene rings is 1. The zero-order chi connectivity index (χ0) is 17.8. The van der Waals surface area contributed by atoms with Crippen LogP contribution in [-0.2, 0) is 0 Å². The first-order valence-electron chi connectivity index (χ1n) is 8.33. The van der Waals surface area contributed by atoms with Gasteiger partial charge in [0.1, 0.15) is 9.98 Å². The van der Waals surface area contributed by atoms with Crippen molar-refractivity contribution in [2.24, 2.45) is 0 Å². The second kappa shape index (κ2) is 7.89. The number of anilines is 1. The SMILES string of the molecule is CN(C)c1ccc(C(=S)N2CCN(C(=S)c3ccccn3)CC2)cc1. The van der Waals surface area contributed by atoms with E-state index in [1.54, 1.807) is 6.20 Å². The van der Waals surface area contributed by atoms with Gasteiger partial charge in [-0.15, -0.1) is 0 Å². The van der Waals surface area contributed by atoms with Gasteiger partial charge in [0, 0.05) is 57.7 Å². The average molecular weight is 371 g/mol. The van der Waals surface area contributed by atoms with Crippen molar-refractivity contribution in [2.45, 2.75) is 0 Å². The monoisotopic (exact) mass is 370 g/mol. The predicted octanol–water partition coefficient (Wildman–Crippen LogP) is 2.82. The molecule has 1 aliphatic rings. The maximum absolute atomic E-state index is 5.70. The molecule has 2 aromatic rings. The summed E-state index contributed by atoms with van der Waals surface area (Å²) in [5.74, 6) is 0. The number of hydrogen-bond acceptors (Lipinski definition) is 4. The van der Waals surface area contributed by atoms with Gasteiger partial charge in [0.2, 0.25) is 0 Å². The lowest BCUT2D eigenvalue weighted by atomic mass is 10.1. The van der Waals surface area contributed by atoms with Crippen molar-refractivity contribution in [3.63, 3.8) is 0 Å². The predicted molar refractivity (Wildman–Crippen MR) is 112 cm³/mol. The van der Waals surface area contributed by atoms with E-state index in [1.165, 1.54) is 5.69 Å². The van der Waals surface area contributed by atoms with Crippen molar-refractivity contribution < 1.29 is 0 Å². The lowest BCUT2D eigenvalue weighted by Crippen LogP contribution is -2.50. The van der Waals surface area contributed by atoms with Gasteiger partial charge in [0.05, 0.1) is 5.69 Å². The highest BCUT2D eigenvalue weighted by molar-refractivity contribution is 7.81. The number of rotatable bonds is 3. The van der Waals surface area contributed by atoms with Crippen molar-refractivity contribution >= 4 is 40.1 Å². The molecule has 0 saturated carbocycles. The third-order valence-electron chi connectivity index (χ3n) is 4.37. The highest BCUT2D eigenvalue weighted by Gasteiger charge is 2.22. The summed E-state index contributed by atoms with van der Waals surface area (Å²) in [6.45, 7) is 3.49. The summed E-state index contributed by atoms with van der Waals surface area (Å²) >= 11 is 11.3. The van der Waals surface area contributed by atoms with Gasteiger partial charge in [-0.25, -0.2) is 0 Å². The molecule has 1 aliphatic heterocycles. The normalized spacial score (nSPS) is 14.3. The van der Waals surface area contributed by atoms with Gasteiger partial charge in [-0.1, -0.05) is 30.5 Å². The summed E-state index contributed by atoms with van der Waals surface area (Å²) < 4.78 is 0. The second-order valence-corrected chi connectivity index (χ2v) is 7.01. The molecule has 0 radical (unpaired) electrons. The van der Waals surface area contributed by atoms with Crippen LogP contribution in [0.25, 0.3) is 0 Å². The summed E-state index contributed by atoms with van der Waals surface area (Å²) in [6.07, 6.45) is 1.78. The smallest absolute Gasteiger partial charge is 0.128 e. The molecule has 1 aromatic heterocycles. The fourth-order valence-corrected chi connectivity index (χ4v) is 3.47. The molecule has 6 heteroatoms. The number of nitrogens with zero attached hydrogens (tertiary/aromatic N) is 4. The standard InChI is InChI=1S/C19H22N4S2/c1-21(2)16-8-6-15(7-9-16)18(24)22-11-13-23(14-12-22)19(25)17-5-3-4-10-20-17/h3-10H,11-14H2,1-2H3. The van der Waals surface area contributed by atoms with E-state index in [4.69, 9.17) is 24.4 Å². The van der Waals surface area contributed by atoms with Crippen LogP contribution in [0.15, 0.2) is 48.7 Å². The Morgan fingerprint density at radius 2 is 1.48 bits per heavy atom. The second-order valence-electron chi connectivity index (χ2n) is 6.24. The van der Waals surface area contributed by atoms with Gasteiger partial charge in [-0.3, -0.25) is 4.98 Å². The third-order valence-corrected chi connectivity index (χ3v) is 5.33. The van der Waals surface area contributed by atoms with Gasteiger partial charge in [-0.05, 0) is 36.4 Å². The summed E-state index contributed by atoms with van der Waals surface area (Å²) in [7, 11) is 4.08. The number of piperazine rings is 1. The van der Waals surface area contributed by atoms with E-state index in [-0.39, 0.29) is 0 Å². The van der Waals surface area contributed by atoms with E-state index in [2.05, 4.69) is 43.9 Å². The van der Waals surface area contributed by atoms with E-state index < -0.39 is 0 Å². The Balaban J connectivity index is 1.60. The summed E-state index contributed by atoms with van der Waals surface area (Å²) in [5.41, 5.74) is 3.14. The maximum Gasteiger partial charge on any atom is 0.128 e. The van der Waals surface area contributed by atoms with Crippen molar-refractivity contribution in [3.05, 3.63) is 59.9 Å². The lowest BCUT2D eigenvalue weighted by molar-refractivity contribution is 0.265. The van der Waals surface area contributed by atoms with Gasteiger partial charge in [-0.2, -0.15) is 0 Å². The molecule has 0 N–H and O–H groups in total. The minimum Gasteiger partial charge on any atom is -0.378 e. The van der Waals surface area contributed by atoms with Crippen LogP contribution in [0.5, 0.6) is 0 Å². The molecule has 0 bridgehead atoms. The molecule has 0 aliphatic carbocycles. The molecule has 1 aromatic carbocycles. The average Bonchev–Trinajstić information content (AvgIpc) is 2.67. The fourth-order valence-electron chi connectivity index (χ4n) is 2.85. The van der Waals surface area contributed by atoms with Crippen LogP contribution < -0.4 is 4.90 Å². The van der Waals surface area contributed by atoms with Gasteiger partial charge < -0.3 is 14.7 Å². The highest BCUT2D eigenvalue weighted by Crippen LogP contribution is 2.16. The van der Waals surface area contributed by atoms with Crippen molar-refractivity contribution in [2.75, 3.05) is 45.2 Å². The van der Waals surface area contributed by atoms with Crippen molar-refractivity contribution in [1.82, 2.24) is 14.8 Å². The molecule has 25 heavy (non-hydrogen) atoms. The molecular weight excluding hydrogens is 348 g/mol. The Morgan fingerprint density at radius 3 is 2.00 bits per heavy atom. The number of pyridine rings is 1. The van der Waals surface area contributed by atoms with Crippen molar-refractivity contribution in [3.8, 4) is 0 Å². The van der Waals surface area contributed by atoms with Crippen LogP contribution in [0.3, 0.4) is 0 Å². The molecule has 0 unspecified atom stereocenters. The number of thiocarbonyl (C=S) groups is 2. The molecule has 0 amide bonds. The van der Waals surface area contributed by atoms with E-state index in [0.717, 1.165) is 47.4 Å². The van der Waals surface area contributed by atoms with Crippen LogP contribution in [0.2, 0.25) is 0 Å². The highest BCUT2D eigenvalue weighted by atomic mass is 32.1. The first-order chi connectivity index (χ1) is 12.1. The zero-order valence-electron chi connectivity index (χ0n) is 14.6. The molecule has 0 spiro atoms. The summed E-state index contributed by atoms with van der Waals surface area (Å²) in [5, 5.41) is 0.